The summed E-state index contributed by atoms with van der Waals surface area (Å²) in [4.78, 5) is 23.4. The Bertz CT molecular complexity index is 510. The molecule has 3 atom stereocenters. The maximum Gasteiger partial charge on any atom is 0.323 e. The molecule has 100 valence electrons. The van der Waals surface area contributed by atoms with Crippen LogP contribution in [0.5, 0.6) is 0 Å². The molecule has 0 aromatic rings. The summed E-state index contributed by atoms with van der Waals surface area (Å²) in [6.07, 6.45) is 1.10. The van der Waals surface area contributed by atoms with Crippen LogP contribution in [0.15, 0.2) is 0 Å². The first-order valence-corrected chi connectivity index (χ1v) is 7.84. The molecule has 0 aromatic heterocycles. The molecule has 3 aliphatic rings. The number of ether oxygens (including phenoxy) is 2. The Hall–Kier alpha value is -0.950. The minimum Gasteiger partial charge on any atom is -0.393 e. The fraction of sp³-hybridized carbons (Fsp3) is 0.818. The first-order chi connectivity index (χ1) is 8.41. The highest BCUT2D eigenvalue weighted by Crippen LogP contribution is 2.49. The van der Waals surface area contributed by atoms with Crippen LogP contribution >= 0.6 is 0 Å². The van der Waals surface area contributed by atoms with E-state index in [0.29, 0.717) is 12.8 Å². The number of carbonyl (C=O) groups is 2. The monoisotopic (exact) mass is 274 g/mol. The van der Waals surface area contributed by atoms with Crippen molar-refractivity contribution in [2.24, 2.45) is 5.41 Å². The fourth-order valence-electron chi connectivity index (χ4n) is 3.19. The maximum atomic E-state index is 12.1. The van der Waals surface area contributed by atoms with E-state index in [0.717, 1.165) is 6.42 Å². The molecule has 0 N–H and O–H groups in total. The van der Waals surface area contributed by atoms with Crippen LogP contribution in [0.25, 0.3) is 0 Å². The Morgan fingerprint density at radius 3 is 2.61 bits per heavy atom. The smallest absolute Gasteiger partial charge is 0.323 e. The van der Waals surface area contributed by atoms with Crippen LogP contribution in [0, 0.1) is 5.41 Å². The van der Waals surface area contributed by atoms with Crippen molar-refractivity contribution in [3.8, 4) is 0 Å². The lowest BCUT2D eigenvalue weighted by Crippen LogP contribution is -2.49. The van der Waals surface area contributed by atoms with Crippen molar-refractivity contribution < 1.29 is 27.5 Å². The Morgan fingerprint density at radius 2 is 2.00 bits per heavy atom. The van der Waals surface area contributed by atoms with Gasteiger partial charge in [0.05, 0.1) is 30.1 Å². The lowest BCUT2D eigenvalue weighted by atomic mass is 9.75. The fourth-order valence-corrected chi connectivity index (χ4v) is 5.01. The quantitative estimate of drug-likeness (QED) is 0.449. The van der Waals surface area contributed by atoms with Crippen molar-refractivity contribution in [2.45, 2.75) is 37.9 Å². The van der Waals surface area contributed by atoms with E-state index in [1.165, 1.54) is 0 Å². The minimum atomic E-state index is -3.42. The number of sulfone groups is 1. The van der Waals surface area contributed by atoms with Crippen molar-refractivity contribution in [1.82, 2.24) is 0 Å². The Morgan fingerprint density at radius 1 is 1.22 bits per heavy atom. The summed E-state index contributed by atoms with van der Waals surface area (Å²) in [7, 11) is -3.42. The minimum absolute atomic E-state index is 0.0766. The van der Waals surface area contributed by atoms with Crippen LogP contribution in [-0.2, 0) is 28.9 Å². The lowest BCUT2D eigenvalue weighted by Gasteiger charge is -2.33. The van der Waals surface area contributed by atoms with Crippen molar-refractivity contribution in [2.75, 3.05) is 11.5 Å². The van der Waals surface area contributed by atoms with Crippen LogP contribution in [0.1, 0.15) is 25.7 Å². The van der Waals surface area contributed by atoms with Gasteiger partial charge in [0.15, 0.2) is 9.84 Å². The molecule has 0 radical (unpaired) electrons. The molecule has 0 amide bonds. The van der Waals surface area contributed by atoms with Gasteiger partial charge in [0.1, 0.15) is 5.41 Å². The highest BCUT2D eigenvalue weighted by molar-refractivity contribution is 7.91. The summed E-state index contributed by atoms with van der Waals surface area (Å²) < 4.78 is 34.2. The molecule has 3 saturated heterocycles. The number of hydrogen-bond acceptors (Lipinski definition) is 6. The molecule has 2 bridgehead atoms. The number of carbonyl (C=O) groups excluding carboxylic acids is 2. The summed E-state index contributed by atoms with van der Waals surface area (Å²) in [5, 5.41) is 0. The molecular formula is C11H14O6S. The van der Waals surface area contributed by atoms with Gasteiger partial charge in [-0.2, -0.15) is 0 Å². The standard InChI is InChI=1S/C11H14O6S/c12-9-3-4-18(14,15)6-11(10(13)17-9)5-7-1-2-8(11)16-7/h7-8H,1-6H2. The molecule has 3 heterocycles. The summed E-state index contributed by atoms with van der Waals surface area (Å²) >= 11 is 0. The number of esters is 2. The van der Waals surface area contributed by atoms with Crippen molar-refractivity contribution in [3.63, 3.8) is 0 Å². The Labute approximate surface area is 105 Å². The van der Waals surface area contributed by atoms with E-state index < -0.39 is 33.3 Å². The van der Waals surface area contributed by atoms with Gasteiger partial charge in [-0.05, 0) is 19.3 Å². The zero-order valence-corrected chi connectivity index (χ0v) is 10.6. The topological polar surface area (TPSA) is 86.7 Å². The van der Waals surface area contributed by atoms with E-state index >= 15 is 0 Å². The summed E-state index contributed by atoms with van der Waals surface area (Å²) in [6, 6.07) is 0. The van der Waals surface area contributed by atoms with Gasteiger partial charge in [-0.25, -0.2) is 8.42 Å². The molecule has 3 unspecified atom stereocenters. The van der Waals surface area contributed by atoms with E-state index in [1.807, 2.05) is 0 Å². The molecule has 6 nitrogen and oxygen atoms in total. The highest BCUT2D eigenvalue weighted by atomic mass is 32.2. The summed E-state index contributed by atoms with van der Waals surface area (Å²) in [6.45, 7) is 0. The van der Waals surface area contributed by atoms with Crippen LogP contribution in [0.3, 0.4) is 0 Å². The number of hydrogen-bond donors (Lipinski definition) is 0. The van der Waals surface area contributed by atoms with Crippen LogP contribution in [0.4, 0.5) is 0 Å². The zero-order valence-electron chi connectivity index (χ0n) is 9.76. The largest absolute Gasteiger partial charge is 0.393 e. The lowest BCUT2D eigenvalue weighted by molar-refractivity contribution is -0.168. The summed E-state index contributed by atoms with van der Waals surface area (Å²) in [5.41, 5.74) is -1.15. The van der Waals surface area contributed by atoms with Gasteiger partial charge >= 0.3 is 11.9 Å². The van der Waals surface area contributed by atoms with E-state index in [4.69, 9.17) is 9.47 Å². The number of cyclic esters (lactones) is 2. The molecular weight excluding hydrogens is 260 g/mol. The van der Waals surface area contributed by atoms with Crippen LogP contribution in [-0.4, -0.2) is 44.1 Å². The average molecular weight is 274 g/mol. The third-order valence-electron chi connectivity index (χ3n) is 4.02. The third-order valence-corrected chi connectivity index (χ3v) is 5.80. The highest BCUT2D eigenvalue weighted by Gasteiger charge is 2.60. The number of rotatable bonds is 0. The predicted molar refractivity (Wildman–Crippen MR) is 59.3 cm³/mol. The first-order valence-electron chi connectivity index (χ1n) is 6.02. The molecule has 3 aliphatic heterocycles. The van der Waals surface area contributed by atoms with Crippen LogP contribution < -0.4 is 0 Å². The van der Waals surface area contributed by atoms with E-state index in [9.17, 15) is 18.0 Å². The normalized spacial score (nSPS) is 42.7. The van der Waals surface area contributed by atoms with Crippen molar-refractivity contribution in [1.29, 1.82) is 0 Å². The van der Waals surface area contributed by atoms with Gasteiger partial charge in [0.25, 0.3) is 0 Å². The van der Waals surface area contributed by atoms with Gasteiger partial charge in [0, 0.05) is 0 Å². The zero-order chi connectivity index (χ0) is 13.0. The molecule has 7 heteroatoms. The van der Waals surface area contributed by atoms with Crippen LogP contribution in [0.2, 0.25) is 0 Å². The van der Waals surface area contributed by atoms with Crippen molar-refractivity contribution >= 4 is 21.8 Å². The Kier molecular flexibility index (Phi) is 2.54. The average Bonchev–Trinajstić information content (AvgIpc) is 2.85. The molecule has 0 aromatic carbocycles. The van der Waals surface area contributed by atoms with Crippen molar-refractivity contribution in [3.05, 3.63) is 0 Å². The molecule has 1 spiro atoms. The van der Waals surface area contributed by atoms with E-state index in [2.05, 4.69) is 0 Å². The first kappa shape index (κ1) is 12.1. The predicted octanol–water partition coefficient (Wildman–Crippen LogP) is -0.188. The SMILES string of the molecule is O=C1CCS(=O)(=O)CC2(CC3CCC2O3)C(=O)O1. The van der Waals surface area contributed by atoms with Gasteiger partial charge in [-0.15, -0.1) is 0 Å². The second-order valence-corrected chi connectivity index (χ2v) is 7.47. The third kappa shape index (κ3) is 1.76. The van der Waals surface area contributed by atoms with Gasteiger partial charge in [-0.3, -0.25) is 9.59 Å². The summed E-state index contributed by atoms with van der Waals surface area (Å²) in [5.74, 6) is -1.99. The van der Waals surface area contributed by atoms with Gasteiger partial charge in [-0.1, -0.05) is 0 Å². The molecule has 0 saturated carbocycles. The molecule has 0 aliphatic carbocycles. The maximum absolute atomic E-state index is 12.1. The molecule has 3 rings (SSSR count). The number of fused-ring (bicyclic) bond motifs is 3. The van der Waals surface area contributed by atoms with E-state index in [1.54, 1.807) is 0 Å². The van der Waals surface area contributed by atoms with E-state index in [-0.39, 0.29) is 24.0 Å². The van der Waals surface area contributed by atoms with Gasteiger partial charge in [0.2, 0.25) is 0 Å². The molecule has 3 fully saturated rings. The molecule has 18 heavy (non-hydrogen) atoms. The second-order valence-electron chi connectivity index (χ2n) is 5.29. The second kappa shape index (κ2) is 3.77. The van der Waals surface area contributed by atoms with Gasteiger partial charge < -0.3 is 9.47 Å². The Balaban J connectivity index is 1.99.